The van der Waals surface area contributed by atoms with Crippen LogP contribution < -0.4 is 10.1 Å². The highest BCUT2D eigenvalue weighted by atomic mass is 19.1. The van der Waals surface area contributed by atoms with Gasteiger partial charge in [-0.25, -0.2) is 4.39 Å². The number of halogens is 1. The number of carbonyl (C=O) groups excluding carboxylic acids is 1. The topological polar surface area (TPSA) is 67.8 Å². The summed E-state index contributed by atoms with van der Waals surface area (Å²) >= 11 is 0. The quantitative estimate of drug-likeness (QED) is 0.738. The van der Waals surface area contributed by atoms with Crippen molar-refractivity contribution in [2.75, 3.05) is 26.9 Å². The molecule has 0 radical (unpaired) electrons. The number of hydrogen-bond acceptors (Lipinski definition) is 4. The Morgan fingerprint density at radius 3 is 2.67 bits per heavy atom. The molecule has 100 valence electrons. The van der Waals surface area contributed by atoms with Crippen LogP contribution in [0.25, 0.3) is 0 Å². The average molecular weight is 257 g/mol. The highest BCUT2D eigenvalue weighted by molar-refractivity contribution is 5.77. The zero-order chi connectivity index (χ0) is 13.4. The number of hydrogen-bond donors (Lipinski definition) is 2. The van der Waals surface area contributed by atoms with Crippen molar-refractivity contribution >= 4 is 5.91 Å². The molecule has 0 aromatic heterocycles. The molecule has 0 saturated carbocycles. The molecule has 5 nitrogen and oxygen atoms in total. The second-order valence-corrected chi connectivity index (χ2v) is 3.64. The lowest BCUT2D eigenvalue weighted by Crippen LogP contribution is -2.42. The Hall–Kier alpha value is -1.66. The number of aliphatic hydroxyl groups is 1. The van der Waals surface area contributed by atoms with E-state index in [-0.39, 0.29) is 31.5 Å². The molecule has 0 bridgehead atoms. The molecular formula is C12H16FNO4. The zero-order valence-electron chi connectivity index (χ0n) is 10.1. The molecule has 0 aliphatic rings. The Morgan fingerprint density at radius 2 is 2.11 bits per heavy atom. The van der Waals surface area contributed by atoms with Gasteiger partial charge in [0.15, 0.2) is 6.61 Å². The smallest absolute Gasteiger partial charge is 0.258 e. The summed E-state index contributed by atoms with van der Waals surface area (Å²) in [6.45, 7) is -0.194. The van der Waals surface area contributed by atoms with E-state index in [1.54, 1.807) is 0 Å². The van der Waals surface area contributed by atoms with Gasteiger partial charge in [-0.3, -0.25) is 4.79 Å². The molecule has 6 heteroatoms. The summed E-state index contributed by atoms with van der Waals surface area (Å²) in [6.07, 6.45) is 0. The highest BCUT2D eigenvalue weighted by Gasteiger charge is 2.11. The van der Waals surface area contributed by atoms with Crippen LogP contribution in [0.1, 0.15) is 0 Å². The summed E-state index contributed by atoms with van der Waals surface area (Å²) in [5, 5.41) is 11.5. The predicted molar refractivity (Wildman–Crippen MR) is 62.8 cm³/mol. The Bertz CT molecular complexity index is 369. The highest BCUT2D eigenvalue weighted by Crippen LogP contribution is 2.10. The second-order valence-electron chi connectivity index (χ2n) is 3.64. The third-order valence-corrected chi connectivity index (χ3v) is 2.14. The molecule has 1 rings (SSSR count). The number of methoxy groups -OCH3 is 1. The van der Waals surface area contributed by atoms with Gasteiger partial charge in [0.2, 0.25) is 0 Å². The van der Waals surface area contributed by atoms with E-state index in [0.717, 1.165) is 0 Å². The zero-order valence-corrected chi connectivity index (χ0v) is 10.1. The molecular weight excluding hydrogens is 241 g/mol. The van der Waals surface area contributed by atoms with Crippen molar-refractivity contribution < 1.29 is 23.8 Å². The van der Waals surface area contributed by atoms with Crippen molar-refractivity contribution in [1.29, 1.82) is 0 Å². The molecule has 0 heterocycles. The van der Waals surface area contributed by atoms with Gasteiger partial charge in [0.25, 0.3) is 5.91 Å². The predicted octanol–water partition coefficient (Wildman–Crippen LogP) is 0.328. The van der Waals surface area contributed by atoms with E-state index in [2.05, 4.69) is 5.32 Å². The maximum absolute atomic E-state index is 12.6. The molecule has 0 saturated heterocycles. The monoisotopic (exact) mass is 257 g/mol. The van der Waals surface area contributed by atoms with Crippen LogP contribution in [0, 0.1) is 5.82 Å². The van der Waals surface area contributed by atoms with E-state index in [4.69, 9.17) is 14.6 Å². The minimum absolute atomic E-state index is 0.203. The van der Waals surface area contributed by atoms with Crippen LogP contribution in [0.15, 0.2) is 24.3 Å². The van der Waals surface area contributed by atoms with Crippen molar-refractivity contribution in [2.45, 2.75) is 6.04 Å². The van der Waals surface area contributed by atoms with Crippen molar-refractivity contribution in [3.05, 3.63) is 30.1 Å². The molecule has 0 spiro atoms. The van der Waals surface area contributed by atoms with Gasteiger partial charge in [-0.15, -0.1) is 0 Å². The van der Waals surface area contributed by atoms with Crippen molar-refractivity contribution in [3.8, 4) is 5.75 Å². The Morgan fingerprint density at radius 1 is 1.44 bits per heavy atom. The molecule has 0 aliphatic carbocycles. The number of benzene rings is 1. The van der Waals surface area contributed by atoms with Crippen molar-refractivity contribution in [2.24, 2.45) is 0 Å². The fraction of sp³-hybridized carbons (Fsp3) is 0.417. The van der Waals surface area contributed by atoms with Gasteiger partial charge in [-0.2, -0.15) is 0 Å². The minimum atomic E-state index is -0.459. The molecule has 1 aromatic carbocycles. The molecule has 1 aromatic rings. The molecule has 1 atom stereocenters. The van der Waals surface area contributed by atoms with Gasteiger partial charge >= 0.3 is 0 Å². The average Bonchev–Trinajstić information content (AvgIpc) is 2.37. The fourth-order valence-electron chi connectivity index (χ4n) is 1.29. The first-order valence-electron chi connectivity index (χ1n) is 5.43. The van der Waals surface area contributed by atoms with E-state index in [0.29, 0.717) is 5.75 Å². The molecule has 18 heavy (non-hydrogen) atoms. The van der Waals surface area contributed by atoms with E-state index in [1.807, 2.05) is 0 Å². The first kappa shape index (κ1) is 14.4. The Balaban J connectivity index is 2.34. The number of aliphatic hydroxyl groups excluding tert-OH is 1. The number of ether oxygens (including phenoxy) is 2. The van der Waals surface area contributed by atoms with Crippen molar-refractivity contribution in [1.82, 2.24) is 5.32 Å². The number of amides is 1. The fourth-order valence-corrected chi connectivity index (χ4v) is 1.29. The van der Waals surface area contributed by atoms with E-state index >= 15 is 0 Å². The third-order valence-electron chi connectivity index (χ3n) is 2.14. The molecule has 0 fully saturated rings. The van der Waals surface area contributed by atoms with Gasteiger partial charge < -0.3 is 19.9 Å². The van der Waals surface area contributed by atoms with E-state index in [9.17, 15) is 9.18 Å². The summed E-state index contributed by atoms with van der Waals surface area (Å²) in [4.78, 5) is 11.5. The lowest BCUT2D eigenvalue weighted by molar-refractivity contribution is -0.124. The SMILES string of the molecule is COCC(CO)NC(=O)COc1ccc(F)cc1. The lowest BCUT2D eigenvalue weighted by Gasteiger charge is -2.15. The van der Waals surface area contributed by atoms with Gasteiger partial charge in [-0.1, -0.05) is 0 Å². The molecule has 1 amide bonds. The number of rotatable bonds is 7. The van der Waals surface area contributed by atoms with Crippen LogP contribution in [0.2, 0.25) is 0 Å². The van der Waals surface area contributed by atoms with Crippen LogP contribution in [-0.2, 0) is 9.53 Å². The molecule has 2 N–H and O–H groups in total. The second kappa shape index (κ2) is 7.62. The summed E-state index contributed by atoms with van der Waals surface area (Å²) in [5.41, 5.74) is 0. The minimum Gasteiger partial charge on any atom is -0.484 e. The van der Waals surface area contributed by atoms with Crippen molar-refractivity contribution in [3.63, 3.8) is 0 Å². The van der Waals surface area contributed by atoms with E-state index < -0.39 is 6.04 Å². The maximum Gasteiger partial charge on any atom is 0.258 e. The van der Waals surface area contributed by atoms with Gasteiger partial charge in [-0.05, 0) is 24.3 Å². The Kier molecular flexibility index (Phi) is 6.10. The van der Waals surface area contributed by atoms with Crippen LogP contribution in [0.3, 0.4) is 0 Å². The lowest BCUT2D eigenvalue weighted by atomic mass is 10.3. The van der Waals surface area contributed by atoms with Crippen LogP contribution in [0.4, 0.5) is 4.39 Å². The van der Waals surface area contributed by atoms with Crippen LogP contribution in [-0.4, -0.2) is 44.0 Å². The third kappa shape index (κ3) is 5.11. The first-order chi connectivity index (χ1) is 8.65. The Labute approximate surface area is 105 Å². The van der Waals surface area contributed by atoms with E-state index in [1.165, 1.54) is 31.4 Å². The first-order valence-corrected chi connectivity index (χ1v) is 5.43. The molecule has 0 aliphatic heterocycles. The summed E-state index contributed by atoms with van der Waals surface area (Å²) in [7, 11) is 1.48. The largest absolute Gasteiger partial charge is 0.484 e. The maximum atomic E-state index is 12.6. The van der Waals surface area contributed by atoms with Crippen LogP contribution in [0.5, 0.6) is 5.75 Å². The summed E-state index contributed by atoms with van der Waals surface area (Å²) in [5.74, 6) is -0.346. The number of carbonyl (C=O) groups is 1. The van der Waals surface area contributed by atoms with Gasteiger partial charge in [0.1, 0.15) is 11.6 Å². The summed E-state index contributed by atoms with van der Waals surface area (Å²) < 4.78 is 22.6. The normalized spacial score (nSPS) is 11.9. The standard InChI is InChI=1S/C12H16FNO4/c1-17-7-10(6-15)14-12(16)8-18-11-4-2-9(13)3-5-11/h2-5,10,15H,6-8H2,1H3,(H,14,16). The van der Waals surface area contributed by atoms with Gasteiger partial charge in [0, 0.05) is 7.11 Å². The van der Waals surface area contributed by atoms with Crippen LogP contribution >= 0.6 is 0 Å². The molecule has 1 unspecified atom stereocenters. The number of nitrogens with one attached hydrogen (secondary N) is 1. The summed E-state index contributed by atoms with van der Waals surface area (Å²) in [6, 6.07) is 4.89. The van der Waals surface area contributed by atoms with Gasteiger partial charge in [0.05, 0.1) is 19.3 Å².